The van der Waals surface area contributed by atoms with E-state index in [9.17, 15) is 26.8 Å². The minimum absolute atomic E-state index is 0.125. The number of halogens is 4. The van der Waals surface area contributed by atoms with Crippen molar-refractivity contribution in [3.8, 4) is 0 Å². The largest absolute Gasteiger partial charge is 0.354 e. The fourth-order valence-electron chi connectivity index (χ4n) is 3.12. The summed E-state index contributed by atoms with van der Waals surface area (Å²) in [5.41, 5.74) is 0.243. The van der Waals surface area contributed by atoms with E-state index in [2.05, 4.69) is 5.32 Å². The summed E-state index contributed by atoms with van der Waals surface area (Å²) in [5, 5.41) is 3.38. The van der Waals surface area contributed by atoms with Crippen molar-refractivity contribution in [2.24, 2.45) is 5.92 Å². The summed E-state index contributed by atoms with van der Waals surface area (Å²) >= 11 is 12.2. The molecule has 0 aliphatic rings. The standard InChI is InChI=1S/C23H27Cl2F2N3O4S/c1-14(2)11-28-23(32)15(3)29(12-16-5-6-17(24)9-19(16)25)22(31)13-30(35(4,33)34)18-7-8-20(26)21(27)10-18/h5-10,14-15H,11-13H2,1-4H3,(H,28,32)/t15-/m1/s1. The molecule has 1 atom stereocenters. The van der Waals surface area contributed by atoms with E-state index in [1.54, 1.807) is 12.1 Å². The molecule has 192 valence electrons. The van der Waals surface area contributed by atoms with Crippen molar-refractivity contribution in [3.05, 3.63) is 63.6 Å². The van der Waals surface area contributed by atoms with Crippen molar-refractivity contribution in [2.75, 3.05) is 23.7 Å². The maximum Gasteiger partial charge on any atom is 0.244 e. The second kappa shape index (κ2) is 12.0. The van der Waals surface area contributed by atoms with Crippen LogP contribution in [0.4, 0.5) is 14.5 Å². The Morgan fingerprint density at radius 1 is 1.03 bits per heavy atom. The van der Waals surface area contributed by atoms with Gasteiger partial charge in [-0.25, -0.2) is 17.2 Å². The number of anilines is 1. The highest BCUT2D eigenvalue weighted by Crippen LogP contribution is 2.25. The van der Waals surface area contributed by atoms with Crippen LogP contribution < -0.4 is 9.62 Å². The van der Waals surface area contributed by atoms with Crippen LogP contribution >= 0.6 is 23.2 Å². The average Bonchev–Trinajstić information content (AvgIpc) is 2.75. The van der Waals surface area contributed by atoms with Crippen molar-refractivity contribution in [2.45, 2.75) is 33.4 Å². The van der Waals surface area contributed by atoms with Crippen LogP contribution in [-0.4, -0.2) is 50.5 Å². The first-order valence-electron chi connectivity index (χ1n) is 10.6. The quantitative estimate of drug-likeness (QED) is 0.480. The van der Waals surface area contributed by atoms with Gasteiger partial charge in [-0.15, -0.1) is 0 Å². The zero-order chi connectivity index (χ0) is 26.5. The fourth-order valence-corrected chi connectivity index (χ4v) is 4.43. The van der Waals surface area contributed by atoms with Gasteiger partial charge in [-0.1, -0.05) is 43.1 Å². The third kappa shape index (κ3) is 8.05. The minimum atomic E-state index is -4.08. The third-order valence-corrected chi connectivity index (χ3v) is 6.81. The van der Waals surface area contributed by atoms with E-state index < -0.39 is 46.1 Å². The number of hydrogen-bond acceptors (Lipinski definition) is 4. The van der Waals surface area contributed by atoms with Crippen LogP contribution in [0.2, 0.25) is 10.0 Å². The van der Waals surface area contributed by atoms with Gasteiger partial charge in [0.1, 0.15) is 12.6 Å². The van der Waals surface area contributed by atoms with E-state index in [0.717, 1.165) is 18.4 Å². The molecule has 2 rings (SSSR count). The Hall–Kier alpha value is -2.43. The first kappa shape index (κ1) is 28.8. The SMILES string of the molecule is CC(C)CNC(=O)[C@@H](C)N(Cc1ccc(Cl)cc1Cl)C(=O)CN(c1ccc(F)c(F)c1)S(C)(=O)=O. The Morgan fingerprint density at radius 3 is 2.23 bits per heavy atom. The number of hydrogen-bond donors (Lipinski definition) is 1. The van der Waals surface area contributed by atoms with Crippen LogP contribution in [0.3, 0.4) is 0 Å². The molecular formula is C23H27Cl2F2N3O4S. The van der Waals surface area contributed by atoms with Gasteiger partial charge in [-0.05, 0) is 42.7 Å². The second-order valence-corrected chi connectivity index (χ2v) is 11.2. The summed E-state index contributed by atoms with van der Waals surface area (Å²) in [6, 6.07) is 6.13. The molecule has 2 aromatic rings. The van der Waals surface area contributed by atoms with E-state index in [4.69, 9.17) is 23.2 Å². The number of rotatable bonds is 10. The molecule has 0 radical (unpaired) electrons. The normalized spacial score (nSPS) is 12.4. The first-order chi connectivity index (χ1) is 16.2. The molecule has 12 heteroatoms. The van der Waals surface area contributed by atoms with Crippen molar-refractivity contribution in [3.63, 3.8) is 0 Å². The maximum absolute atomic E-state index is 13.8. The van der Waals surface area contributed by atoms with Gasteiger partial charge < -0.3 is 10.2 Å². The minimum Gasteiger partial charge on any atom is -0.354 e. The van der Waals surface area contributed by atoms with Crippen LogP contribution in [0.15, 0.2) is 36.4 Å². The topological polar surface area (TPSA) is 86.8 Å². The monoisotopic (exact) mass is 549 g/mol. The Kier molecular flexibility index (Phi) is 9.88. The molecule has 0 bridgehead atoms. The summed E-state index contributed by atoms with van der Waals surface area (Å²) < 4.78 is 52.7. The number of sulfonamides is 1. The Bertz CT molecular complexity index is 1200. The number of benzene rings is 2. The van der Waals surface area contributed by atoms with Gasteiger partial charge in [0.2, 0.25) is 21.8 Å². The Morgan fingerprint density at radius 2 is 1.69 bits per heavy atom. The third-order valence-electron chi connectivity index (χ3n) is 5.08. The highest BCUT2D eigenvalue weighted by molar-refractivity contribution is 7.92. The zero-order valence-corrected chi connectivity index (χ0v) is 22.0. The molecule has 0 spiro atoms. The Balaban J connectivity index is 2.42. The van der Waals surface area contributed by atoms with E-state index >= 15 is 0 Å². The highest BCUT2D eigenvalue weighted by Gasteiger charge is 2.30. The molecule has 0 aromatic heterocycles. The summed E-state index contributed by atoms with van der Waals surface area (Å²) in [6.45, 7) is 4.81. The van der Waals surface area contributed by atoms with Crippen molar-refractivity contribution >= 4 is 50.7 Å². The predicted molar refractivity (Wildman–Crippen MR) is 133 cm³/mol. The maximum atomic E-state index is 13.8. The molecule has 0 heterocycles. The van der Waals surface area contributed by atoms with Gasteiger partial charge in [-0.2, -0.15) is 0 Å². The van der Waals surface area contributed by atoms with Gasteiger partial charge in [0, 0.05) is 29.2 Å². The van der Waals surface area contributed by atoms with Crippen LogP contribution in [0.25, 0.3) is 0 Å². The lowest BCUT2D eigenvalue weighted by molar-refractivity contribution is -0.139. The molecule has 0 saturated carbocycles. The van der Waals surface area contributed by atoms with Gasteiger partial charge in [0.15, 0.2) is 11.6 Å². The molecule has 7 nitrogen and oxygen atoms in total. The molecule has 0 fully saturated rings. The zero-order valence-electron chi connectivity index (χ0n) is 19.7. The summed E-state index contributed by atoms with van der Waals surface area (Å²) in [5.74, 6) is -3.47. The number of nitrogens with one attached hydrogen (secondary N) is 1. The van der Waals surface area contributed by atoms with Crippen LogP contribution in [0, 0.1) is 17.6 Å². The van der Waals surface area contributed by atoms with E-state index in [1.807, 2.05) is 13.8 Å². The molecule has 0 unspecified atom stereocenters. The van der Waals surface area contributed by atoms with Gasteiger partial charge in [-0.3, -0.25) is 13.9 Å². The molecule has 35 heavy (non-hydrogen) atoms. The van der Waals surface area contributed by atoms with E-state index in [-0.39, 0.29) is 23.2 Å². The van der Waals surface area contributed by atoms with Crippen LogP contribution in [0.1, 0.15) is 26.3 Å². The molecular weight excluding hydrogens is 523 g/mol. The Labute approximate surface area is 214 Å². The molecule has 1 N–H and O–H groups in total. The molecule has 0 aliphatic heterocycles. The van der Waals surface area contributed by atoms with Gasteiger partial charge in [0.05, 0.1) is 11.9 Å². The van der Waals surface area contributed by atoms with E-state index in [1.165, 1.54) is 17.9 Å². The lowest BCUT2D eigenvalue weighted by Gasteiger charge is -2.32. The second-order valence-electron chi connectivity index (χ2n) is 8.44. The summed E-state index contributed by atoms with van der Waals surface area (Å²) in [7, 11) is -4.08. The smallest absolute Gasteiger partial charge is 0.244 e. The molecule has 0 aliphatic carbocycles. The number of nitrogens with zero attached hydrogens (tertiary/aromatic N) is 2. The van der Waals surface area contributed by atoms with Crippen molar-refractivity contribution in [1.82, 2.24) is 10.2 Å². The van der Waals surface area contributed by atoms with Gasteiger partial charge >= 0.3 is 0 Å². The highest BCUT2D eigenvalue weighted by atomic mass is 35.5. The van der Waals surface area contributed by atoms with Crippen LogP contribution in [0.5, 0.6) is 0 Å². The van der Waals surface area contributed by atoms with Crippen molar-refractivity contribution < 1.29 is 26.8 Å². The lowest BCUT2D eigenvalue weighted by atomic mass is 10.1. The average molecular weight is 550 g/mol. The van der Waals surface area contributed by atoms with E-state index in [0.29, 0.717) is 27.5 Å². The summed E-state index contributed by atoms with van der Waals surface area (Å²) in [6.07, 6.45) is 0.834. The van der Waals surface area contributed by atoms with Crippen LogP contribution in [-0.2, 0) is 26.2 Å². The molecule has 0 saturated heterocycles. The van der Waals surface area contributed by atoms with Gasteiger partial charge in [0.25, 0.3) is 0 Å². The fraction of sp³-hybridized carbons (Fsp3) is 0.391. The lowest BCUT2D eigenvalue weighted by Crippen LogP contribution is -2.51. The van der Waals surface area contributed by atoms with Crippen molar-refractivity contribution in [1.29, 1.82) is 0 Å². The summed E-state index contributed by atoms with van der Waals surface area (Å²) in [4.78, 5) is 27.3. The number of amides is 2. The molecule has 2 aromatic carbocycles. The number of carbonyl (C=O) groups is 2. The predicted octanol–water partition coefficient (Wildman–Crippen LogP) is 4.23. The number of carbonyl (C=O) groups excluding carboxylic acids is 2. The molecule has 2 amide bonds. The first-order valence-corrected chi connectivity index (χ1v) is 13.2.